The van der Waals surface area contributed by atoms with Gasteiger partial charge in [0, 0.05) is 18.5 Å². The number of aryl methyl sites for hydroxylation is 1. The van der Waals surface area contributed by atoms with Gasteiger partial charge in [-0.3, -0.25) is 9.59 Å². The first-order valence-electron chi connectivity index (χ1n) is 8.43. The predicted molar refractivity (Wildman–Crippen MR) is 96.6 cm³/mol. The van der Waals surface area contributed by atoms with Crippen LogP contribution in [0.5, 0.6) is 5.75 Å². The molecule has 0 spiro atoms. The number of aliphatic carboxylic acids is 1. The molecule has 2 aromatic rings. The van der Waals surface area contributed by atoms with Gasteiger partial charge in [0.15, 0.2) is 0 Å². The van der Waals surface area contributed by atoms with Gasteiger partial charge in [0.2, 0.25) is 5.91 Å². The molecule has 0 unspecified atom stereocenters. The van der Waals surface area contributed by atoms with E-state index in [1.807, 2.05) is 6.92 Å². The molecule has 2 rings (SSSR count). The van der Waals surface area contributed by atoms with Crippen LogP contribution in [0.15, 0.2) is 42.5 Å². The molecule has 0 aliphatic heterocycles. The van der Waals surface area contributed by atoms with Crippen LogP contribution in [0.4, 0.5) is 10.1 Å². The maximum atomic E-state index is 13.2. The Morgan fingerprint density at radius 1 is 1.12 bits per heavy atom. The molecule has 2 aromatic carbocycles. The first-order valence-corrected chi connectivity index (χ1v) is 8.43. The number of nitrogens with one attached hydrogen (secondary N) is 1. The van der Waals surface area contributed by atoms with E-state index in [4.69, 9.17) is 9.84 Å². The molecule has 6 heteroatoms. The highest BCUT2D eigenvalue weighted by molar-refractivity contribution is 5.91. The third kappa shape index (κ3) is 6.55. The number of hydrogen-bond acceptors (Lipinski definition) is 3. The molecular weight excluding hydrogens is 337 g/mol. The summed E-state index contributed by atoms with van der Waals surface area (Å²) in [5.41, 5.74) is 2.27. The van der Waals surface area contributed by atoms with Crippen molar-refractivity contribution in [2.45, 2.75) is 39.2 Å². The van der Waals surface area contributed by atoms with Crippen LogP contribution in [0, 0.1) is 12.7 Å². The highest BCUT2D eigenvalue weighted by atomic mass is 19.1. The second-order valence-corrected chi connectivity index (χ2v) is 6.04. The summed E-state index contributed by atoms with van der Waals surface area (Å²) in [6, 6.07) is 11.5. The van der Waals surface area contributed by atoms with Crippen molar-refractivity contribution in [3.63, 3.8) is 0 Å². The fraction of sp³-hybridized carbons (Fsp3) is 0.300. The lowest BCUT2D eigenvalue weighted by atomic mass is 10.1. The Kier molecular flexibility index (Phi) is 7.14. The molecular formula is C20H22FNO4. The number of carboxylic acid groups (broad SMARTS) is 1. The molecule has 0 radical (unpaired) electrons. The largest absolute Gasteiger partial charge is 0.489 e. The van der Waals surface area contributed by atoms with Crippen LogP contribution in [0.1, 0.15) is 36.8 Å². The number of anilines is 1. The van der Waals surface area contributed by atoms with Crippen LogP contribution in [0.25, 0.3) is 0 Å². The first kappa shape index (κ1) is 19.4. The Morgan fingerprint density at radius 2 is 1.88 bits per heavy atom. The van der Waals surface area contributed by atoms with Crippen LogP contribution in [-0.4, -0.2) is 17.0 Å². The van der Waals surface area contributed by atoms with Crippen molar-refractivity contribution < 1.29 is 23.8 Å². The van der Waals surface area contributed by atoms with E-state index in [-0.39, 0.29) is 31.2 Å². The quantitative estimate of drug-likeness (QED) is 0.655. The van der Waals surface area contributed by atoms with Crippen LogP contribution < -0.4 is 10.1 Å². The number of carbonyl (C=O) groups is 2. The monoisotopic (exact) mass is 359 g/mol. The fourth-order valence-electron chi connectivity index (χ4n) is 2.43. The SMILES string of the molecule is Cc1cc(OCc2cccc(F)c2)ccc1NC(=O)CCCCC(=O)O. The molecule has 0 aliphatic rings. The summed E-state index contributed by atoms with van der Waals surface area (Å²) in [5, 5.41) is 11.4. The Labute approximate surface area is 151 Å². The number of carboxylic acids is 1. The molecule has 0 aromatic heterocycles. The normalized spacial score (nSPS) is 10.4. The summed E-state index contributed by atoms with van der Waals surface area (Å²) >= 11 is 0. The third-order valence-corrected chi connectivity index (χ3v) is 3.81. The number of hydrogen-bond donors (Lipinski definition) is 2. The molecule has 26 heavy (non-hydrogen) atoms. The zero-order chi connectivity index (χ0) is 18.9. The van der Waals surface area contributed by atoms with E-state index in [2.05, 4.69) is 5.32 Å². The zero-order valence-electron chi connectivity index (χ0n) is 14.6. The van der Waals surface area contributed by atoms with E-state index in [0.717, 1.165) is 11.1 Å². The summed E-state index contributed by atoms with van der Waals surface area (Å²) < 4.78 is 18.8. The van der Waals surface area contributed by atoms with Crippen LogP contribution in [0.3, 0.4) is 0 Å². The number of rotatable bonds is 9. The molecule has 5 nitrogen and oxygen atoms in total. The molecule has 0 saturated carbocycles. The van der Waals surface area contributed by atoms with E-state index < -0.39 is 5.97 Å². The molecule has 0 aliphatic carbocycles. The molecule has 2 N–H and O–H groups in total. The molecule has 0 saturated heterocycles. The maximum absolute atomic E-state index is 13.2. The van der Waals surface area contributed by atoms with Crippen molar-refractivity contribution in [3.05, 3.63) is 59.4 Å². The van der Waals surface area contributed by atoms with Gasteiger partial charge in [-0.2, -0.15) is 0 Å². The molecule has 0 atom stereocenters. The van der Waals surface area contributed by atoms with Gasteiger partial charge in [-0.05, 0) is 61.2 Å². The van der Waals surface area contributed by atoms with Gasteiger partial charge in [-0.15, -0.1) is 0 Å². The highest BCUT2D eigenvalue weighted by Gasteiger charge is 2.07. The average molecular weight is 359 g/mol. The van der Waals surface area contributed by atoms with Crippen LogP contribution in [-0.2, 0) is 16.2 Å². The Balaban J connectivity index is 1.84. The summed E-state index contributed by atoms with van der Waals surface area (Å²) in [5.74, 6) is -0.670. The molecule has 1 amide bonds. The van der Waals surface area contributed by atoms with Crippen molar-refractivity contribution in [2.75, 3.05) is 5.32 Å². The highest BCUT2D eigenvalue weighted by Crippen LogP contribution is 2.22. The predicted octanol–water partition coefficient (Wildman–Crippen LogP) is 4.30. The number of halogens is 1. The molecule has 138 valence electrons. The zero-order valence-corrected chi connectivity index (χ0v) is 14.6. The van der Waals surface area contributed by atoms with Gasteiger partial charge < -0.3 is 15.2 Å². The van der Waals surface area contributed by atoms with E-state index in [1.165, 1.54) is 12.1 Å². The van der Waals surface area contributed by atoms with E-state index in [1.54, 1.807) is 30.3 Å². The average Bonchev–Trinajstić information content (AvgIpc) is 2.59. The van der Waals surface area contributed by atoms with E-state index in [9.17, 15) is 14.0 Å². The summed E-state index contributed by atoms with van der Waals surface area (Å²) in [4.78, 5) is 22.4. The third-order valence-electron chi connectivity index (χ3n) is 3.81. The minimum atomic E-state index is -0.852. The lowest BCUT2D eigenvalue weighted by molar-refractivity contribution is -0.137. The maximum Gasteiger partial charge on any atom is 0.303 e. The lowest BCUT2D eigenvalue weighted by Gasteiger charge is -2.11. The summed E-state index contributed by atoms with van der Waals surface area (Å²) in [6.45, 7) is 2.11. The van der Waals surface area contributed by atoms with Gasteiger partial charge in [0.1, 0.15) is 18.2 Å². The number of benzene rings is 2. The lowest BCUT2D eigenvalue weighted by Crippen LogP contribution is -2.12. The number of carbonyl (C=O) groups excluding carboxylic acids is 1. The Bertz CT molecular complexity index is 776. The summed E-state index contributed by atoms with van der Waals surface area (Å²) in [7, 11) is 0. The van der Waals surface area contributed by atoms with Gasteiger partial charge in [0.25, 0.3) is 0 Å². The van der Waals surface area contributed by atoms with Crippen molar-refractivity contribution in [3.8, 4) is 5.75 Å². The first-order chi connectivity index (χ1) is 12.4. The molecule has 0 bridgehead atoms. The van der Waals surface area contributed by atoms with Gasteiger partial charge in [0.05, 0.1) is 0 Å². The van der Waals surface area contributed by atoms with Gasteiger partial charge in [-0.25, -0.2) is 4.39 Å². The second kappa shape index (κ2) is 9.56. The van der Waals surface area contributed by atoms with Gasteiger partial charge >= 0.3 is 5.97 Å². The Hall–Kier alpha value is -2.89. The minimum absolute atomic E-state index is 0.0731. The number of unbranched alkanes of at least 4 members (excludes halogenated alkanes) is 1. The van der Waals surface area contributed by atoms with Crippen molar-refractivity contribution in [1.29, 1.82) is 0 Å². The van der Waals surface area contributed by atoms with Crippen molar-refractivity contribution in [2.24, 2.45) is 0 Å². The summed E-state index contributed by atoms with van der Waals surface area (Å²) in [6.07, 6.45) is 1.37. The molecule has 0 heterocycles. The smallest absolute Gasteiger partial charge is 0.303 e. The van der Waals surface area contributed by atoms with Crippen molar-refractivity contribution >= 4 is 17.6 Å². The van der Waals surface area contributed by atoms with E-state index in [0.29, 0.717) is 24.3 Å². The molecule has 0 fully saturated rings. The minimum Gasteiger partial charge on any atom is -0.489 e. The van der Waals surface area contributed by atoms with Crippen LogP contribution in [0.2, 0.25) is 0 Å². The number of amides is 1. The standard InChI is InChI=1S/C20H22FNO4/c1-14-11-17(26-13-15-5-4-6-16(21)12-15)9-10-18(14)22-19(23)7-2-3-8-20(24)25/h4-6,9-12H,2-3,7-8,13H2,1H3,(H,22,23)(H,24,25). The Morgan fingerprint density at radius 3 is 2.58 bits per heavy atom. The fourth-order valence-corrected chi connectivity index (χ4v) is 2.43. The number of ether oxygens (including phenoxy) is 1. The van der Waals surface area contributed by atoms with Gasteiger partial charge in [-0.1, -0.05) is 12.1 Å². The van der Waals surface area contributed by atoms with E-state index >= 15 is 0 Å². The van der Waals surface area contributed by atoms with Crippen molar-refractivity contribution in [1.82, 2.24) is 0 Å². The second-order valence-electron chi connectivity index (χ2n) is 6.04. The van der Waals surface area contributed by atoms with Crippen LogP contribution >= 0.6 is 0 Å². The topological polar surface area (TPSA) is 75.6 Å².